The predicted octanol–water partition coefficient (Wildman–Crippen LogP) is 4.17. The molecule has 5 nitrogen and oxygen atoms in total. The molecule has 0 amide bonds. The lowest BCUT2D eigenvalue weighted by molar-refractivity contribution is -0.136. The zero-order valence-corrected chi connectivity index (χ0v) is 17.4. The van der Waals surface area contributed by atoms with Crippen LogP contribution in [0.3, 0.4) is 0 Å². The molecule has 0 aliphatic heterocycles. The maximum absolute atomic E-state index is 13.3. The van der Waals surface area contributed by atoms with Gasteiger partial charge < -0.3 is 4.98 Å². The van der Waals surface area contributed by atoms with Crippen LogP contribution in [0.4, 0.5) is 13.2 Å². The molecule has 0 radical (unpaired) electrons. The van der Waals surface area contributed by atoms with Gasteiger partial charge in [0.15, 0.2) is 0 Å². The van der Waals surface area contributed by atoms with E-state index in [1.54, 1.807) is 32.0 Å². The number of halogens is 3. The number of H-pyrrole nitrogens is 1. The highest BCUT2D eigenvalue weighted by Gasteiger charge is 2.33. The lowest BCUT2D eigenvalue weighted by atomic mass is 10.0. The van der Waals surface area contributed by atoms with E-state index >= 15 is 0 Å². The summed E-state index contributed by atoms with van der Waals surface area (Å²) < 4.78 is 66.3. The van der Waals surface area contributed by atoms with Gasteiger partial charge in [0.2, 0.25) is 15.6 Å². The molecule has 0 saturated carbocycles. The third kappa shape index (κ3) is 4.41. The number of pyridine rings is 1. The van der Waals surface area contributed by atoms with E-state index in [4.69, 9.17) is 0 Å². The Morgan fingerprint density at radius 1 is 1.00 bits per heavy atom. The first-order chi connectivity index (χ1) is 13.9. The second-order valence-corrected chi connectivity index (χ2v) is 9.36. The Balaban J connectivity index is 1.94. The molecule has 9 heteroatoms. The van der Waals surface area contributed by atoms with E-state index in [0.717, 1.165) is 5.56 Å². The molecule has 0 bridgehead atoms. The molecule has 30 heavy (non-hydrogen) atoms. The summed E-state index contributed by atoms with van der Waals surface area (Å²) >= 11 is 0. The van der Waals surface area contributed by atoms with Gasteiger partial charge in [-0.15, -0.1) is 0 Å². The van der Waals surface area contributed by atoms with Crippen molar-refractivity contribution in [2.24, 2.45) is 0 Å². The Kier molecular flexibility index (Phi) is 5.79. The Morgan fingerprint density at radius 3 is 2.17 bits per heavy atom. The number of rotatable bonds is 5. The maximum Gasteiger partial charge on any atom is 0.417 e. The first kappa shape index (κ1) is 22.0. The van der Waals surface area contributed by atoms with Crippen LogP contribution in [0, 0.1) is 0 Å². The molecule has 3 aromatic rings. The van der Waals surface area contributed by atoms with E-state index in [1.807, 2.05) is 0 Å². The Labute approximate surface area is 172 Å². The minimum atomic E-state index is -4.65. The summed E-state index contributed by atoms with van der Waals surface area (Å²) in [6.07, 6.45) is -4.34. The van der Waals surface area contributed by atoms with Crippen LogP contribution >= 0.6 is 0 Å². The smallest absolute Gasteiger partial charge is 0.322 e. The summed E-state index contributed by atoms with van der Waals surface area (Å²) in [6.45, 7) is 3.54. The van der Waals surface area contributed by atoms with Crippen LogP contribution in [0.5, 0.6) is 0 Å². The molecule has 0 saturated heterocycles. The van der Waals surface area contributed by atoms with E-state index in [2.05, 4.69) is 4.98 Å². The molecule has 1 heterocycles. The van der Waals surface area contributed by atoms with Crippen molar-refractivity contribution in [2.75, 3.05) is 7.05 Å². The highest BCUT2D eigenvalue weighted by atomic mass is 32.2. The van der Waals surface area contributed by atoms with Crippen molar-refractivity contribution in [3.05, 3.63) is 75.6 Å². The molecular formula is C21H21F3N2O3S. The molecule has 160 valence electrons. The summed E-state index contributed by atoms with van der Waals surface area (Å²) in [5.74, 6) is 0. The van der Waals surface area contributed by atoms with E-state index in [9.17, 15) is 26.4 Å². The molecule has 0 spiro atoms. The van der Waals surface area contributed by atoms with E-state index in [0.29, 0.717) is 18.1 Å². The largest absolute Gasteiger partial charge is 0.417 e. The number of aromatic amines is 1. The minimum Gasteiger partial charge on any atom is -0.322 e. The van der Waals surface area contributed by atoms with E-state index < -0.39 is 27.3 Å². The fraction of sp³-hybridized carbons (Fsp3) is 0.286. The van der Waals surface area contributed by atoms with Crippen molar-refractivity contribution in [2.45, 2.75) is 37.4 Å². The van der Waals surface area contributed by atoms with Gasteiger partial charge in [0.25, 0.3) is 0 Å². The molecule has 0 unspecified atom stereocenters. The quantitative estimate of drug-likeness (QED) is 0.650. The number of benzene rings is 2. The number of aromatic nitrogens is 1. The van der Waals surface area contributed by atoms with Crippen LogP contribution in [0.25, 0.3) is 10.9 Å². The summed E-state index contributed by atoms with van der Waals surface area (Å²) in [5.41, 5.74) is -0.336. The van der Waals surface area contributed by atoms with Crippen LogP contribution < -0.4 is 5.56 Å². The average Bonchev–Trinajstić information content (AvgIpc) is 2.66. The Morgan fingerprint density at radius 2 is 1.60 bits per heavy atom. The fourth-order valence-electron chi connectivity index (χ4n) is 3.10. The summed E-state index contributed by atoms with van der Waals surface area (Å²) in [5, 5.41) is -0.0858. The Bertz CT molecular complexity index is 1230. The van der Waals surface area contributed by atoms with Gasteiger partial charge >= 0.3 is 6.18 Å². The first-order valence-corrected chi connectivity index (χ1v) is 10.6. The molecule has 3 rings (SSSR count). The van der Waals surface area contributed by atoms with Crippen molar-refractivity contribution < 1.29 is 21.6 Å². The molecule has 0 fully saturated rings. The van der Waals surface area contributed by atoms with Crippen LogP contribution in [-0.4, -0.2) is 30.8 Å². The molecule has 0 atom stereocenters. The molecule has 0 aliphatic rings. The van der Waals surface area contributed by atoms with Gasteiger partial charge in [-0.3, -0.25) is 4.79 Å². The number of hydrogen-bond donors (Lipinski definition) is 1. The minimum absolute atomic E-state index is 0.0858. The van der Waals surface area contributed by atoms with Gasteiger partial charge in [-0.1, -0.05) is 18.2 Å². The van der Waals surface area contributed by atoms with E-state index in [1.165, 1.54) is 35.6 Å². The van der Waals surface area contributed by atoms with Gasteiger partial charge in [-0.2, -0.15) is 17.5 Å². The van der Waals surface area contributed by atoms with Crippen molar-refractivity contribution in [1.29, 1.82) is 0 Å². The molecule has 1 aromatic heterocycles. The third-order valence-corrected chi connectivity index (χ3v) is 7.00. The summed E-state index contributed by atoms with van der Waals surface area (Å²) in [7, 11) is -2.10. The summed E-state index contributed by atoms with van der Waals surface area (Å²) in [6, 6.07) is 11.1. The van der Waals surface area contributed by atoms with Gasteiger partial charge in [-0.05, 0) is 55.7 Å². The topological polar surface area (TPSA) is 70.2 Å². The fourth-order valence-corrected chi connectivity index (χ4v) is 4.47. The average molecular weight is 438 g/mol. The number of nitrogens with one attached hydrogen (secondary N) is 1. The first-order valence-electron chi connectivity index (χ1n) is 9.20. The highest BCUT2D eigenvalue weighted by molar-refractivity contribution is 7.89. The number of fused-ring (bicyclic) bond motifs is 1. The monoisotopic (exact) mass is 438 g/mol. The van der Waals surface area contributed by atoms with Crippen molar-refractivity contribution in [3.8, 4) is 0 Å². The third-order valence-electron chi connectivity index (χ3n) is 4.95. The van der Waals surface area contributed by atoms with Crippen LogP contribution in [0.15, 0.2) is 58.2 Å². The molecule has 1 N–H and O–H groups in total. The van der Waals surface area contributed by atoms with Crippen molar-refractivity contribution >= 4 is 20.9 Å². The molecule has 0 aliphatic carbocycles. The van der Waals surface area contributed by atoms with Gasteiger partial charge in [0, 0.05) is 30.1 Å². The molecular weight excluding hydrogens is 417 g/mol. The van der Waals surface area contributed by atoms with Crippen molar-refractivity contribution in [3.63, 3.8) is 0 Å². The lowest BCUT2D eigenvalue weighted by Crippen LogP contribution is -2.33. The zero-order chi connectivity index (χ0) is 22.3. The van der Waals surface area contributed by atoms with Gasteiger partial charge in [0.05, 0.1) is 10.5 Å². The van der Waals surface area contributed by atoms with Gasteiger partial charge in [-0.25, -0.2) is 8.42 Å². The van der Waals surface area contributed by atoms with Crippen LogP contribution in [0.1, 0.15) is 30.5 Å². The zero-order valence-electron chi connectivity index (χ0n) is 16.6. The normalized spacial score (nSPS) is 12.8. The number of hydrogen-bond acceptors (Lipinski definition) is 3. The SMILES string of the molecule is CC(C)N(C)S(=O)(=O)c1ccc(Cc2ccc3[nH]c(=O)cc(C(F)(F)F)c3c2)cc1. The van der Waals surface area contributed by atoms with Crippen molar-refractivity contribution in [1.82, 2.24) is 9.29 Å². The Hall–Kier alpha value is -2.65. The van der Waals surface area contributed by atoms with E-state index in [-0.39, 0.29) is 21.8 Å². The number of nitrogens with zero attached hydrogens (tertiary/aromatic N) is 1. The number of alkyl halides is 3. The second-order valence-electron chi connectivity index (χ2n) is 7.36. The standard InChI is InChI=1S/C21H21F3N2O3S/c1-13(2)26(3)30(28,29)16-7-4-14(5-8-16)10-15-6-9-19-17(11-15)18(21(22,23)24)12-20(27)25-19/h4-9,11-13H,10H2,1-3H3,(H,25,27). The second kappa shape index (κ2) is 7.88. The highest BCUT2D eigenvalue weighted by Crippen LogP contribution is 2.33. The summed E-state index contributed by atoms with van der Waals surface area (Å²) in [4.78, 5) is 14.1. The molecule has 2 aromatic carbocycles. The van der Waals surface area contributed by atoms with Gasteiger partial charge in [0.1, 0.15) is 0 Å². The lowest BCUT2D eigenvalue weighted by Gasteiger charge is -2.21. The maximum atomic E-state index is 13.3. The van der Waals surface area contributed by atoms with Crippen LogP contribution in [0.2, 0.25) is 0 Å². The van der Waals surface area contributed by atoms with Crippen LogP contribution in [-0.2, 0) is 22.6 Å². The number of sulfonamides is 1. The predicted molar refractivity (Wildman–Crippen MR) is 109 cm³/mol.